The number of fused-ring (bicyclic) bond motifs is 4. The Labute approximate surface area is 722 Å². The zero-order valence-corrected chi connectivity index (χ0v) is 72.6. The average molecular weight is 1710 g/mol. The molecule has 6 aliphatic heterocycles. The minimum Gasteiger partial charge on any atom is -0.493 e. The lowest BCUT2D eigenvalue weighted by Gasteiger charge is -2.34. The van der Waals surface area contributed by atoms with Crippen LogP contribution in [0, 0.1) is 17.8 Å². The van der Waals surface area contributed by atoms with E-state index in [1.165, 1.54) is 49.8 Å². The van der Waals surface area contributed by atoms with E-state index in [2.05, 4.69) is 62.4 Å². The number of unbranched alkanes of at least 4 members (excludes halogenated alkanes) is 2. The van der Waals surface area contributed by atoms with E-state index >= 15 is 0 Å². The molecule has 11 rings (SSSR count). The van der Waals surface area contributed by atoms with Gasteiger partial charge in [0.15, 0.2) is 23.0 Å². The molecule has 31 heteroatoms. The fourth-order valence-corrected chi connectivity index (χ4v) is 15.9. The van der Waals surface area contributed by atoms with Crippen LogP contribution in [0.3, 0.4) is 0 Å². The maximum absolute atomic E-state index is 14.2. The summed E-state index contributed by atoms with van der Waals surface area (Å²) in [4.78, 5) is 126. The number of aliphatic imine (C=N–C) groups is 2. The van der Waals surface area contributed by atoms with Gasteiger partial charge in [-0.2, -0.15) is 0 Å². The topological polar surface area (TPSA) is 336 Å². The van der Waals surface area contributed by atoms with Gasteiger partial charge in [-0.15, -0.1) is 0 Å². The standard InChI is InChI=1S/C92H127N11O20/c1-64(2)87(98-85(105)28-37-114-39-41-116-43-45-118-47-49-120-51-52-121-50-48-119-46-44-117-42-40-115-38-29-93-84(104)27-30-101-86(106)57-75(90(101)109)68-17-13-10-8-7-9-11-14-18-68)89(108)96-65(3)88(107)97-71-23-19-66(20-24-71)69-53-73-60-94-78-58-82(80(112-5)55-76(78)91(110)102(73)62-69)122-35-15-12-16-36-123-83-59-79-77(56-81(83)113-6)92(111)103-63-70(54-74(103)61-95-79)67-21-25-72(26-22-67)100-33-31-99(4)32-34-100/h19-26,55-56,58-65,68,73-75,87H,7-18,27-54,57H2,1-6H3,(H,93,104)(H,96,108)(H,97,107)(H,98,105)/t65-,73-,74-,75?,87-/m0/s1. The van der Waals surface area contributed by atoms with Crippen molar-refractivity contribution in [1.29, 1.82) is 0 Å². The number of imide groups is 1. The van der Waals surface area contributed by atoms with E-state index in [0.29, 0.717) is 183 Å². The fourth-order valence-electron chi connectivity index (χ4n) is 15.9. The van der Waals surface area contributed by atoms with Crippen molar-refractivity contribution >= 4 is 93.6 Å². The van der Waals surface area contributed by atoms with Gasteiger partial charge in [-0.3, -0.25) is 53.2 Å². The molecule has 0 radical (unpaired) electrons. The van der Waals surface area contributed by atoms with Crippen LogP contribution in [-0.4, -0.2) is 283 Å². The number of benzene rings is 4. The lowest BCUT2D eigenvalue weighted by Crippen LogP contribution is -2.53. The van der Waals surface area contributed by atoms with Crippen LogP contribution in [0.15, 0.2) is 95.2 Å². The highest BCUT2D eigenvalue weighted by Gasteiger charge is 2.43. The number of rotatable bonds is 50. The monoisotopic (exact) mass is 1710 g/mol. The van der Waals surface area contributed by atoms with Gasteiger partial charge in [-0.25, -0.2) is 0 Å². The molecule has 0 aromatic heterocycles. The number of carbonyl (C=O) groups is 8. The van der Waals surface area contributed by atoms with Gasteiger partial charge in [0.05, 0.1) is 174 Å². The van der Waals surface area contributed by atoms with Gasteiger partial charge in [0.1, 0.15) is 12.1 Å². The second kappa shape index (κ2) is 49.7. The summed E-state index contributed by atoms with van der Waals surface area (Å²) >= 11 is 0. The summed E-state index contributed by atoms with van der Waals surface area (Å²) < 4.78 is 68.5. The van der Waals surface area contributed by atoms with Crippen LogP contribution in [0.1, 0.15) is 162 Å². The summed E-state index contributed by atoms with van der Waals surface area (Å²) in [5.74, 6) is -0.615. The molecule has 1 aliphatic carbocycles. The van der Waals surface area contributed by atoms with Gasteiger partial charge >= 0.3 is 0 Å². The molecule has 3 fully saturated rings. The van der Waals surface area contributed by atoms with E-state index in [-0.39, 0.29) is 104 Å². The zero-order valence-electron chi connectivity index (χ0n) is 72.6. The smallest absolute Gasteiger partial charge is 0.260 e. The van der Waals surface area contributed by atoms with E-state index in [1.807, 2.05) is 30.7 Å². The molecule has 0 spiro atoms. The van der Waals surface area contributed by atoms with Gasteiger partial charge in [-0.05, 0) is 117 Å². The lowest BCUT2D eigenvalue weighted by atomic mass is 9.82. The number of anilines is 2. The molecule has 0 bridgehead atoms. The molecule has 670 valence electrons. The second-order valence-electron chi connectivity index (χ2n) is 32.3. The lowest BCUT2D eigenvalue weighted by molar-refractivity contribution is -0.140. The van der Waals surface area contributed by atoms with Crippen LogP contribution in [0.5, 0.6) is 23.0 Å². The molecule has 6 heterocycles. The minimum atomic E-state index is -0.939. The number of likely N-dealkylation sites (tertiary alicyclic amines) is 1. The molecule has 31 nitrogen and oxygen atoms in total. The van der Waals surface area contributed by atoms with Crippen molar-refractivity contribution in [2.75, 3.05) is 190 Å². The van der Waals surface area contributed by atoms with Crippen molar-refractivity contribution in [3.8, 4) is 23.0 Å². The third kappa shape index (κ3) is 28.4. The highest BCUT2D eigenvalue weighted by Crippen LogP contribution is 2.43. The van der Waals surface area contributed by atoms with E-state index < -0.39 is 23.9 Å². The Balaban J connectivity index is 0.476. The van der Waals surface area contributed by atoms with Crippen LogP contribution in [0.4, 0.5) is 22.7 Å². The van der Waals surface area contributed by atoms with Crippen LogP contribution in [-0.2, 0) is 66.7 Å². The zero-order chi connectivity index (χ0) is 86.7. The normalized spacial score (nSPS) is 18.6. The number of piperazine rings is 1. The molecule has 1 saturated carbocycles. The molecule has 5 atom stereocenters. The first-order valence-corrected chi connectivity index (χ1v) is 44.1. The predicted octanol–water partition coefficient (Wildman–Crippen LogP) is 10.2. The van der Waals surface area contributed by atoms with Crippen LogP contribution in [0.25, 0.3) is 11.1 Å². The van der Waals surface area contributed by atoms with Crippen LogP contribution < -0.4 is 45.1 Å². The van der Waals surface area contributed by atoms with Gasteiger partial charge in [0, 0.05) is 120 Å². The molecular weight excluding hydrogens is 1580 g/mol. The number of nitrogens with one attached hydrogen (secondary N) is 4. The molecule has 4 aromatic carbocycles. The largest absolute Gasteiger partial charge is 0.493 e. The Bertz CT molecular complexity index is 4240. The number of hydrogen-bond acceptors (Lipinski definition) is 24. The van der Waals surface area contributed by atoms with Crippen molar-refractivity contribution in [2.45, 2.75) is 154 Å². The molecule has 123 heavy (non-hydrogen) atoms. The van der Waals surface area contributed by atoms with Crippen molar-refractivity contribution in [1.82, 2.24) is 35.6 Å². The Morgan fingerprint density at radius 2 is 0.951 bits per heavy atom. The van der Waals surface area contributed by atoms with E-state index in [4.69, 9.17) is 66.8 Å². The first-order chi connectivity index (χ1) is 59.9. The number of nitrogens with zero attached hydrogens (tertiary/aromatic N) is 7. The Morgan fingerprint density at radius 3 is 1.43 bits per heavy atom. The molecule has 4 N–H and O–H groups in total. The van der Waals surface area contributed by atoms with Crippen molar-refractivity contribution in [3.63, 3.8) is 0 Å². The number of likely N-dealkylation sites (N-methyl/N-ethyl adjacent to an activating group) is 1. The summed E-state index contributed by atoms with van der Waals surface area (Å²) in [5.41, 5.74) is 7.47. The highest BCUT2D eigenvalue weighted by molar-refractivity contribution is 6.07. The summed E-state index contributed by atoms with van der Waals surface area (Å²) in [7, 11) is 5.25. The molecule has 8 amide bonds. The first-order valence-electron chi connectivity index (χ1n) is 44.1. The van der Waals surface area contributed by atoms with Crippen molar-refractivity contribution in [2.24, 2.45) is 27.7 Å². The maximum atomic E-state index is 14.2. The Hall–Kier alpha value is -9.70. The Kier molecular flexibility index (Phi) is 38.0. The fraction of sp³-hybridized carbons (Fsp3) is 0.587. The van der Waals surface area contributed by atoms with Gasteiger partial charge < -0.3 is 97.7 Å². The van der Waals surface area contributed by atoms with Crippen LogP contribution in [0.2, 0.25) is 0 Å². The molecule has 7 aliphatic rings. The molecule has 4 aromatic rings. The number of hydrogen-bond donors (Lipinski definition) is 4. The maximum Gasteiger partial charge on any atom is 0.260 e. The number of methoxy groups -OCH3 is 2. The third-order valence-corrected chi connectivity index (χ3v) is 23.1. The van der Waals surface area contributed by atoms with Crippen LogP contribution >= 0.6 is 0 Å². The Morgan fingerprint density at radius 1 is 0.488 bits per heavy atom. The van der Waals surface area contributed by atoms with E-state index in [0.717, 1.165) is 87.0 Å². The summed E-state index contributed by atoms with van der Waals surface area (Å²) in [6.45, 7) is 16.2. The highest BCUT2D eigenvalue weighted by atomic mass is 16.6. The molecule has 2 saturated heterocycles. The first kappa shape index (κ1) is 94.0. The number of carbonyl (C=O) groups excluding carboxylic acids is 8. The summed E-state index contributed by atoms with van der Waals surface area (Å²) in [6.07, 6.45) is 21.5. The van der Waals surface area contributed by atoms with Gasteiger partial charge in [0.25, 0.3) is 11.8 Å². The minimum absolute atomic E-state index is 0.0155. The predicted molar refractivity (Wildman–Crippen MR) is 466 cm³/mol. The molecular formula is C92H127N11O20. The van der Waals surface area contributed by atoms with Gasteiger partial charge in [-0.1, -0.05) is 83.1 Å². The summed E-state index contributed by atoms with van der Waals surface area (Å²) in [5, 5.41) is 11.2. The number of amides is 8. The van der Waals surface area contributed by atoms with Crippen molar-refractivity contribution < 1.29 is 95.2 Å². The average Bonchev–Trinajstić information content (AvgIpc) is 1.65. The van der Waals surface area contributed by atoms with Crippen molar-refractivity contribution in [3.05, 3.63) is 107 Å². The SMILES string of the molecule is COc1cc2c(cc1OCCCCCOc1cc3c(cc1OC)C(=O)N1C=C(c4ccc(N5CCN(C)CC5)cc4)C[C@H]1C=N3)N=C[C@@H]1CC(c3ccc(NC(=O)[C@H](C)NC(=O)[C@@H](NC(=O)CCOCCOCCOCCOCCOCCOCCOCCOCCNC(=O)CCN4C(=O)CC(C5CCCCCCCCC5)C4=O)C(C)C)cc3)=CN1C2=O. The molecule has 1 unspecified atom stereocenters. The van der Waals surface area contributed by atoms with Gasteiger partial charge in [0.2, 0.25) is 35.4 Å². The quantitative estimate of drug-likeness (QED) is 0.0236. The van der Waals surface area contributed by atoms with E-state index in [1.54, 1.807) is 80.3 Å². The summed E-state index contributed by atoms with van der Waals surface area (Å²) in [6, 6.07) is 20.4. The second-order valence-corrected chi connectivity index (χ2v) is 32.3. The third-order valence-electron chi connectivity index (χ3n) is 23.1. The van der Waals surface area contributed by atoms with E-state index in [9.17, 15) is 38.4 Å². The number of ether oxygens (including phenoxy) is 12.